The first kappa shape index (κ1) is 17.8. The van der Waals surface area contributed by atoms with Crippen molar-refractivity contribution in [2.75, 3.05) is 23.6 Å². The fourth-order valence-electron chi connectivity index (χ4n) is 3.66. The van der Waals surface area contributed by atoms with Crippen molar-refractivity contribution in [3.8, 4) is 11.5 Å². The van der Waals surface area contributed by atoms with Gasteiger partial charge in [0.15, 0.2) is 11.5 Å². The monoisotopic (exact) mass is 406 g/mol. The average Bonchev–Trinajstić information content (AvgIpc) is 3.44. The summed E-state index contributed by atoms with van der Waals surface area (Å²) < 4.78 is 10.6. The summed E-state index contributed by atoms with van der Waals surface area (Å²) in [7, 11) is 0. The third-order valence-electron chi connectivity index (χ3n) is 5.07. The van der Waals surface area contributed by atoms with Crippen LogP contribution in [0.1, 0.15) is 32.0 Å². The number of carbonyl (C=O) groups is 2. The Bertz CT molecular complexity index is 1090. The van der Waals surface area contributed by atoms with Gasteiger partial charge in [0.05, 0.1) is 4.88 Å². The van der Waals surface area contributed by atoms with Crippen LogP contribution < -0.4 is 19.7 Å². The molecular weight excluding hydrogens is 388 g/mol. The Morgan fingerprint density at radius 3 is 2.79 bits per heavy atom. The van der Waals surface area contributed by atoms with E-state index in [1.807, 2.05) is 40.6 Å². The number of amides is 2. The summed E-state index contributed by atoms with van der Waals surface area (Å²) >= 11 is 1.45. The van der Waals surface area contributed by atoms with Crippen LogP contribution in [0, 0.1) is 0 Å². The predicted octanol–water partition coefficient (Wildman–Crippen LogP) is 4.32. The molecular formula is C22H18N2O4S. The van der Waals surface area contributed by atoms with Crippen LogP contribution in [0.25, 0.3) is 0 Å². The largest absolute Gasteiger partial charge is 0.454 e. The number of ether oxygens (including phenoxy) is 2. The van der Waals surface area contributed by atoms with Gasteiger partial charge in [0, 0.05) is 23.5 Å². The van der Waals surface area contributed by atoms with Crippen molar-refractivity contribution >= 4 is 34.5 Å². The van der Waals surface area contributed by atoms with Gasteiger partial charge in [-0.15, -0.1) is 11.3 Å². The second-order valence-electron chi connectivity index (χ2n) is 6.90. The van der Waals surface area contributed by atoms with Crippen molar-refractivity contribution in [2.24, 2.45) is 0 Å². The lowest BCUT2D eigenvalue weighted by atomic mass is 10.0. The average molecular weight is 406 g/mol. The summed E-state index contributed by atoms with van der Waals surface area (Å²) in [5.41, 5.74) is 3.18. The van der Waals surface area contributed by atoms with Crippen molar-refractivity contribution in [1.29, 1.82) is 0 Å². The van der Waals surface area contributed by atoms with Crippen molar-refractivity contribution in [3.63, 3.8) is 0 Å². The number of benzene rings is 2. The number of anilines is 2. The highest BCUT2D eigenvalue weighted by atomic mass is 32.1. The van der Waals surface area contributed by atoms with E-state index in [0.717, 1.165) is 29.0 Å². The van der Waals surface area contributed by atoms with Crippen molar-refractivity contribution in [1.82, 2.24) is 0 Å². The highest BCUT2D eigenvalue weighted by Gasteiger charge is 2.24. The summed E-state index contributed by atoms with van der Waals surface area (Å²) in [6.07, 6.45) is 1.76. The highest BCUT2D eigenvalue weighted by Crippen LogP contribution is 2.34. The van der Waals surface area contributed by atoms with E-state index < -0.39 is 0 Å². The molecule has 1 aromatic heterocycles. The molecule has 0 aliphatic carbocycles. The fraction of sp³-hybridized carbons (Fsp3) is 0.182. The number of nitrogens with one attached hydrogen (secondary N) is 1. The number of hydrogen-bond acceptors (Lipinski definition) is 5. The van der Waals surface area contributed by atoms with Crippen LogP contribution in [0.3, 0.4) is 0 Å². The van der Waals surface area contributed by atoms with Crippen LogP contribution in [-0.2, 0) is 6.42 Å². The van der Waals surface area contributed by atoms with Gasteiger partial charge in [-0.25, -0.2) is 0 Å². The first-order valence-corrected chi connectivity index (χ1v) is 10.3. The Balaban J connectivity index is 1.36. The highest BCUT2D eigenvalue weighted by molar-refractivity contribution is 7.12. The Hall–Kier alpha value is -3.32. The molecule has 2 aliphatic rings. The van der Waals surface area contributed by atoms with Gasteiger partial charge in [-0.2, -0.15) is 0 Å². The minimum Gasteiger partial charge on any atom is -0.454 e. The Morgan fingerprint density at radius 2 is 1.93 bits per heavy atom. The molecule has 0 saturated carbocycles. The molecule has 2 amide bonds. The van der Waals surface area contributed by atoms with Gasteiger partial charge in [-0.1, -0.05) is 6.07 Å². The molecule has 0 bridgehead atoms. The molecule has 0 atom stereocenters. The second-order valence-corrected chi connectivity index (χ2v) is 7.85. The molecule has 29 heavy (non-hydrogen) atoms. The van der Waals surface area contributed by atoms with E-state index in [1.165, 1.54) is 11.3 Å². The number of rotatable bonds is 3. The molecule has 146 valence electrons. The third kappa shape index (κ3) is 3.34. The van der Waals surface area contributed by atoms with Crippen LogP contribution in [0.15, 0.2) is 53.9 Å². The zero-order valence-electron chi connectivity index (χ0n) is 15.5. The van der Waals surface area contributed by atoms with Crippen molar-refractivity contribution < 1.29 is 19.1 Å². The van der Waals surface area contributed by atoms with Gasteiger partial charge in [-0.05, 0) is 66.2 Å². The summed E-state index contributed by atoms with van der Waals surface area (Å²) in [6.45, 7) is 0.874. The second kappa shape index (κ2) is 7.25. The fourth-order valence-corrected chi connectivity index (χ4v) is 4.33. The molecule has 0 saturated heterocycles. The predicted molar refractivity (Wildman–Crippen MR) is 111 cm³/mol. The minimum atomic E-state index is -0.217. The zero-order valence-corrected chi connectivity index (χ0v) is 16.3. The zero-order chi connectivity index (χ0) is 19.8. The van der Waals surface area contributed by atoms with Gasteiger partial charge in [0.1, 0.15) is 0 Å². The number of nitrogens with zero attached hydrogens (tertiary/aromatic N) is 1. The summed E-state index contributed by atoms with van der Waals surface area (Å²) in [6, 6.07) is 14.6. The SMILES string of the molecule is O=C(Nc1ccc2c(c1)CCCN2C(=O)c1cccs1)c1ccc2c(c1)OCO2. The third-order valence-corrected chi connectivity index (χ3v) is 5.93. The van der Waals surface area contributed by atoms with Crippen LogP contribution in [0.5, 0.6) is 11.5 Å². The first-order valence-electron chi connectivity index (χ1n) is 9.38. The van der Waals surface area contributed by atoms with E-state index in [9.17, 15) is 9.59 Å². The van der Waals surface area contributed by atoms with Gasteiger partial charge in [-0.3, -0.25) is 9.59 Å². The molecule has 0 unspecified atom stereocenters. The Kier molecular flexibility index (Phi) is 4.44. The van der Waals surface area contributed by atoms with Gasteiger partial charge >= 0.3 is 0 Å². The van der Waals surface area contributed by atoms with E-state index in [0.29, 0.717) is 29.3 Å². The minimum absolute atomic E-state index is 0.0260. The van der Waals surface area contributed by atoms with Gasteiger partial charge in [0.25, 0.3) is 11.8 Å². The van der Waals surface area contributed by atoms with Crippen molar-refractivity contribution in [3.05, 3.63) is 69.9 Å². The number of thiophene rings is 1. The van der Waals surface area contributed by atoms with Gasteiger partial charge < -0.3 is 19.7 Å². The Labute approximate surface area is 171 Å². The number of aryl methyl sites for hydroxylation is 1. The van der Waals surface area contributed by atoms with E-state index in [2.05, 4.69) is 5.32 Å². The molecule has 1 N–H and O–H groups in total. The molecule has 0 fully saturated rings. The number of carbonyl (C=O) groups excluding carboxylic acids is 2. The lowest BCUT2D eigenvalue weighted by Gasteiger charge is -2.29. The standard InChI is InChI=1S/C22H18N2O4S/c25-21(15-5-8-18-19(12-15)28-13-27-18)23-16-6-7-17-14(11-16)3-1-9-24(17)22(26)20-4-2-10-29-20/h2,4-8,10-12H,1,3,9,13H2,(H,23,25). The molecule has 2 aromatic carbocycles. The molecule has 0 radical (unpaired) electrons. The molecule has 3 aromatic rings. The topological polar surface area (TPSA) is 67.9 Å². The smallest absolute Gasteiger partial charge is 0.268 e. The number of hydrogen-bond donors (Lipinski definition) is 1. The maximum Gasteiger partial charge on any atom is 0.268 e. The van der Waals surface area contributed by atoms with Crippen LogP contribution in [-0.4, -0.2) is 25.2 Å². The maximum absolute atomic E-state index is 12.8. The van der Waals surface area contributed by atoms with Crippen LogP contribution in [0.2, 0.25) is 0 Å². The first-order chi connectivity index (χ1) is 14.2. The number of fused-ring (bicyclic) bond motifs is 2. The maximum atomic E-state index is 12.8. The summed E-state index contributed by atoms with van der Waals surface area (Å²) in [5, 5.41) is 4.84. The van der Waals surface area contributed by atoms with E-state index in [1.54, 1.807) is 18.2 Å². The Morgan fingerprint density at radius 1 is 1.03 bits per heavy atom. The van der Waals surface area contributed by atoms with E-state index >= 15 is 0 Å². The molecule has 3 heterocycles. The molecule has 7 heteroatoms. The van der Waals surface area contributed by atoms with Crippen LogP contribution >= 0.6 is 11.3 Å². The summed E-state index contributed by atoms with van der Waals surface area (Å²) in [5.74, 6) is 1.03. The molecule has 5 rings (SSSR count). The summed E-state index contributed by atoms with van der Waals surface area (Å²) in [4.78, 5) is 28.0. The molecule has 0 spiro atoms. The van der Waals surface area contributed by atoms with E-state index in [4.69, 9.17) is 9.47 Å². The van der Waals surface area contributed by atoms with E-state index in [-0.39, 0.29) is 18.6 Å². The molecule has 6 nitrogen and oxygen atoms in total. The molecule has 2 aliphatic heterocycles. The lowest BCUT2D eigenvalue weighted by molar-refractivity contribution is 0.0987. The van der Waals surface area contributed by atoms with Crippen molar-refractivity contribution in [2.45, 2.75) is 12.8 Å². The lowest BCUT2D eigenvalue weighted by Crippen LogP contribution is -2.35. The quantitative estimate of drug-likeness (QED) is 0.703. The van der Waals surface area contributed by atoms with Crippen LogP contribution in [0.4, 0.5) is 11.4 Å². The van der Waals surface area contributed by atoms with Gasteiger partial charge in [0.2, 0.25) is 6.79 Å². The normalized spacial score (nSPS) is 14.4.